The number of hydrogen-bond acceptors (Lipinski definition) is 4. The van der Waals surface area contributed by atoms with Crippen LogP contribution in [0.3, 0.4) is 0 Å². The highest BCUT2D eigenvalue weighted by Crippen LogP contribution is 2.00. The number of aliphatic carboxylic acids is 1. The Morgan fingerprint density at radius 1 is 1.33 bits per heavy atom. The fraction of sp³-hybridized carbons (Fsp3) is 0.700. The smallest absolute Gasteiger partial charge is 0.323 e. The van der Waals surface area contributed by atoms with Crippen molar-refractivity contribution in [2.45, 2.75) is 13.0 Å². The Bertz CT molecular complexity index is 327. The molecule has 1 saturated heterocycles. The zero-order valence-electron chi connectivity index (χ0n) is 10.1. The molecule has 0 bridgehead atoms. The molecule has 1 fully saturated rings. The van der Waals surface area contributed by atoms with E-state index in [0.717, 1.165) is 0 Å². The number of urea groups is 1. The Hall–Kier alpha value is -1.83. The van der Waals surface area contributed by atoms with E-state index in [1.807, 2.05) is 0 Å². The van der Waals surface area contributed by atoms with Crippen molar-refractivity contribution in [3.63, 3.8) is 0 Å². The lowest BCUT2D eigenvalue weighted by Gasteiger charge is -2.29. The number of morpholine rings is 1. The number of carboxylic acid groups (broad SMARTS) is 1. The molecule has 3 amide bonds. The number of nitrogens with zero attached hydrogens (tertiary/aromatic N) is 1. The van der Waals surface area contributed by atoms with Crippen LogP contribution in [0.25, 0.3) is 0 Å². The number of hydrogen-bond donors (Lipinski definition) is 3. The lowest BCUT2D eigenvalue weighted by molar-refractivity contribution is -0.136. The Morgan fingerprint density at radius 3 is 2.50 bits per heavy atom. The van der Waals surface area contributed by atoms with Crippen LogP contribution in [0.4, 0.5) is 4.79 Å². The molecule has 102 valence electrons. The molecule has 1 unspecified atom stereocenters. The molecule has 0 aromatic carbocycles. The molecule has 0 radical (unpaired) electrons. The second-order valence-corrected chi connectivity index (χ2v) is 3.88. The van der Waals surface area contributed by atoms with Gasteiger partial charge in [0.15, 0.2) is 0 Å². The number of carbonyl (C=O) groups is 3. The van der Waals surface area contributed by atoms with Crippen molar-refractivity contribution in [3.8, 4) is 0 Å². The number of rotatable bonds is 4. The summed E-state index contributed by atoms with van der Waals surface area (Å²) in [5.74, 6) is -1.35. The van der Waals surface area contributed by atoms with E-state index in [1.54, 1.807) is 11.8 Å². The third-order valence-corrected chi connectivity index (χ3v) is 2.44. The van der Waals surface area contributed by atoms with Gasteiger partial charge in [-0.25, -0.2) is 4.79 Å². The van der Waals surface area contributed by atoms with Gasteiger partial charge in [-0.2, -0.15) is 0 Å². The van der Waals surface area contributed by atoms with Crippen molar-refractivity contribution < 1.29 is 24.2 Å². The van der Waals surface area contributed by atoms with Crippen LogP contribution in [-0.4, -0.2) is 66.8 Å². The molecule has 0 aromatic heterocycles. The average molecular weight is 259 g/mol. The molecule has 1 aliphatic rings. The summed E-state index contributed by atoms with van der Waals surface area (Å²) in [4.78, 5) is 35.0. The van der Waals surface area contributed by atoms with Gasteiger partial charge in [0.2, 0.25) is 5.91 Å². The fourth-order valence-electron chi connectivity index (χ4n) is 1.52. The summed E-state index contributed by atoms with van der Waals surface area (Å²) in [7, 11) is 0. The van der Waals surface area contributed by atoms with Gasteiger partial charge in [-0.1, -0.05) is 0 Å². The van der Waals surface area contributed by atoms with Gasteiger partial charge in [-0.3, -0.25) is 9.59 Å². The highest BCUT2D eigenvalue weighted by molar-refractivity contribution is 5.87. The van der Waals surface area contributed by atoms with Crippen LogP contribution >= 0.6 is 0 Å². The summed E-state index contributed by atoms with van der Waals surface area (Å²) < 4.78 is 5.12. The maximum absolute atomic E-state index is 11.9. The summed E-state index contributed by atoms with van der Waals surface area (Å²) >= 11 is 0. The van der Waals surface area contributed by atoms with E-state index in [0.29, 0.717) is 26.3 Å². The highest BCUT2D eigenvalue weighted by Gasteiger charge is 2.23. The summed E-state index contributed by atoms with van der Waals surface area (Å²) in [5, 5.41) is 12.9. The largest absolute Gasteiger partial charge is 0.480 e. The van der Waals surface area contributed by atoms with Gasteiger partial charge in [0.25, 0.3) is 0 Å². The standard InChI is InChI=1S/C10H17N3O5/c1-7(12-10(17)11-6-8(14)15)9(16)13-2-4-18-5-3-13/h7H,2-6H2,1H3,(H,14,15)(H2,11,12,17). The molecule has 8 heteroatoms. The highest BCUT2D eigenvalue weighted by atomic mass is 16.5. The lowest BCUT2D eigenvalue weighted by atomic mass is 10.2. The molecule has 1 atom stereocenters. The van der Waals surface area contributed by atoms with Gasteiger partial charge in [0, 0.05) is 13.1 Å². The summed E-state index contributed by atoms with van der Waals surface area (Å²) in [5.41, 5.74) is 0. The van der Waals surface area contributed by atoms with Crippen molar-refractivity contribution >= 4 is 17.9 Å². The first-order chi connectivity index (χ1) is 8.50. The van der Waals surface area contributed by atoms with Crippen LogP contribution in [0.15, 0.2) is 0 Å². The van der Waals surface area contributed by atoms with Crippen LogP contribution in [-0.2, 0) is 14.3 Å². The molecule has 8 nitrogen and oxygen atoms in total. The third kappa shape index (κ3) is 4.58. The van der Waals surface area contributed by atoms with E-state index < -0.39 is 24.6 Å². The third-order valence-electron chi connectivity index (χ3n) is 2.44. The van der Waals surface area contributed by atoms with Crippen molar-refractivity contribution in [1.82, 2.24) is 15.5 Å². The van der Waals surface area contributed by atoms with E-state index in [4.69, 9.17) is 9.84 Å². The Labute approximate surface area is 104 Å². The maximum atomic E-state index is 11.9. The van der Waals surface area contributed by atoms with Crippen molar-refractivity contribution in [1.29, 1.82) is 0 Å². The topological polar surface area (TPSA) is 108 Å². The number of carboxylic acids is 1. The van der Waals surface area contributed by atoms with Gasteiger partial charge in [0.1, 0.15) is 12.6 Å². The van der Waals surface area contributed by atoms with E-state index in [1.165, 1.54) is 0 Å². The molecule has 1 rings (SSSR count). The van der Waals surface area contributed by atoms with Crippen LogP contribution in [0.5, 0.6) is 0 Å². The predicted octanol–water partition coefficient (Wildman–Crippen LogP) is -1.38. The Balaban J connectivity index is 2.34. The predicted molar refractivity (Wildman–Crippen MR) is 61.0 cm³/mol. The minimum absolute atomic E-state index is 0.205. The quantitative estimate of drug-likeness (QED) is 0.576. The molecular formula is C10H17N3O5. The zero-order chi connectivity index (χ0) is 13.5. The molecule has 0 aliphatic carbocycles. The van der Waals surface area contributed by atoms with E-state index >= 15 is 0 Å². The molecule has 3 N–H and O–H groups in total. The molecule has 0 aromatic rings. The first kappa shape index (κ1) is 14.2. The van der Waals surface area contributed by atoms with E-state index in [-0.39, 0.29) is 5.91 Å². The maximum Gasteiger partial charge on any atom is 0.323 e. The van der Waals surface area contributed by atoms with Gasteiger partial charge >= 0.3 is 12.0 Å². The van der Waals surface area contributed by atoms with Gasteiger partial charge in [0.05, 0.1) is 13.2 Å². The monoisotopic (exact) mass is 259 g/mol. The Kier molecular flexibility index (Phi) is 5.37. The minimum Gasteiger partial charge on any atom is -0.480 e. The number of nitrogens with one attached hydrogen (secondary N) is 2. The van der Waals surface area contributed by atoms with Crippen LogP contribution in [0.1, 0.15) is 6.92 Å². The van der Waals surface area contributed by atoms with Crippen molar-refractivity contribution in [3.05, 3.63) is 0 Å². The van der Waals surface area contributed by atoms with Crippen molar-refractivity contribution in [2.75, 3.05) is 32.8 Å². The summed E-state index contributed by atoms with van der Waals surface area (Å²) in [6.45, 7) is 3.05. The number of ether oxygens (including phenoxy) is 1. The zero-order valence-corrected chi connectivity index (χ0v) is 10.1. The SMILES string of the molecule is CC(NC(=O)NCC(=O)O)C(=O)N1CCOCC1. The molecule has 0 spiro atoms. The number of amides is 3. The Morgan fingerprint density at radius 2 is 1.94 bits per heavy atom. The van der Waals surface area contributed by atoms with Gasteiger partial charge < -0.3 is 25.4 Å². The molecular weight excluding hydrogens is 242 g/mol. The molecule has 18 heavy (non-hydrogen) atoms. The second-order valence-electron chi connectivity index (χ2n) is 3.88. The fourth-order valence-corrected chi connectivity index (χ4v) is 1.52. The van der Waals surface area contributed by atoms with Crippen LogP contribution < -0.4 is 10.6 Å². The molecule has 1 aliphatic heterocycles. The van der Waals surface area contributed by atoms with Crippen molar-refractivity contribution in [2.24, 2.45) is 0 Å². The van der Waals surface area contributed by atoms with Crippen LogP contribution in [0, 0.1) is 0 Å². The first-order valence-corrected chi connectivity index (χ1v) is 5.63. The molecule has 1 heterocycles. The normalized spacial score (nSPS) is 16.8. The number of carbonyl (C=O) groups excluding carboxylic acids is 2. The summed E-state index contributed by atoms with van der Waals surface area (Å²) in [6.07, 6.45) is 0. The molecule has 0 saturated carbocycles. The van der Waals surface area contributed by atoms with Crippen LogP contribution in [0.2, 0.25) is 0 Å². The van der Waals surface area contributed by atoms with Gasteiger partial charge in [-0.15, -0.1) is 0 Å². The van der Waals surface area contributed by atoms with Gasteiger partial charge in [-0.05, 0) is 6.92 Å². The first-order valence-electron chi connectivity index (χ1n) is 5.63. The second kappa shape index (κ2) is 6.80. The average Bonchev–Trinajstić information content (AvgIpc) is 2.36. The van der Waals surface area contributed by atoms with E-state index in [2.05, 4.69) is 10.6 Å². The van der Waals surface area contributed by atoms with E-state index in [9.17, 15) is 14.4 Å². The lowest BCUT2D eigenvalue weighted by Crippen LogP contribution is -2.52. The summed E-state index contributed by atoms with van der Waals surface area (Å²) in [6, 6.07) is -1.37. The minimum atomic E-state index is -1.14.